The van der Waals surface area contributed by atoms with Crippen LogP contribution in [0.2, 0.25) is 0 Å². The van der Waals surface area contributed by atoms with Crippen molar-refractivity contribution in [3.8, 4) is 0 Å². The molecule has 0 aromatic heterocycles. The smallest absolute Gasteiger partial charge is 0.225 e. The molecule has 3 unspecified atom stereocenters. The first-order valence-corrected chi connectivity index (χ1v) is 6.74. The lowest BCUT2D eigenvalue weighted by Crippen LogP contribution is -2.48. The molecule has 0 spiro atoms. The van der Waals surface area contributed by atoms with Gasteiger partial charge in [0.05, 0.1) is 5.92 Å². The molecule has 4 heteroatoms. The van der Waals surface area contributed by atoms with Gasteiger partial charge in [0, 0.05) is 19.0 Å². The maximum Gasteiger partial charge on any atom is 0.225 e. The van der Waals surface area contributed by atoms with E-state index >= 15 is 0 Å². The maximum absolute atomic E-state index is 12.1. The van der Waals surface area contributed by atoms with Gasteiger partial charge < -0.3 is 10.6 Å². The summed E-state index contributed by atoms with van der Waals surface area (Å²) in [5, 5.41) is 5.92. The molecule has 96 valence electrons. The van der Waals surface area contributed by atoms with E-state index in [4.69, 9.17) is 0 Å². The second-order valence-corrected chi connectivity index (χ2v) is 5.42. The summed E-state index contributed by atoms with van der Waals surface area (Å²) in [7, 11) is 0. The fourth-order valence-corrected chi connectivity index (χ4v) is 2.79. The second-order valence-electron chi connectivity index (χ2n) is 5.42. The minimum absolute atomic E-state index is 0.0261. The molecular formula is C13H22N2O2. The van der Waals surface area contributed by atoms with Crippen molar-refractivity contribution in [3.63, 3.8) is 0 Å². The van der Waals surface area contributed by atoms with Crippen LogP contribution in [0.4, 0.5) is 0 Å². The summed E-state index contributed by atoms with van der Waals surface area (Å²) >= 11 is 0. The monoisotopic (exact) mass is 238 g/mol. The molecule has 0 radical (unpaired) electrons. The molecule has 0 bridgehead atoms. The molecule has 1 heterocycles. The van der Waals surface area contributed by atoms with E-state index in [0.717, 1.165) is 6.42 Å². The Hall–Kier alpha value is -1.06. The van der Waals surface area contributed by atoms with Crippen LogP contribution in [-0.4, -0.2) is 24.4 Å². The summed E-state index contributed by atoms with van der Waals surface area (Å²) in [4.78, 5) is 23.1. The predicted molar refractivity (Wildman–Crippen MR) is 65.3 cm³/mol. The number of hydrogen-bond acceptors (Lipinski definition) is 2. The number of piperidine rings is 1. The Balaban J connectivity index is 1.81. The van der Waals surface area contributed by atoms with E-state index in [1.54, 1.807) is 0 Å². The standard InChI is InChI=1S/C13H22N2O2/c1-9-4-2-3-5-11(9)15-13(17)10-6-7-12(16)14-8-10/h9-11H,2-8H2,1H3,(H,14,16)(H,15,17). The molecule has 17 heavy (non-hydrogen) atoms. The van der Waals surface area contributed by atoms with E-state index in [9.17, 15) is 9.59 Å². The molecule has 2 fully saturated rings. The molecule has 1 saturated carbocycles. The normalized spacial score (nSPS) is 33.9. The first-order valence-electron chi connectivity index (χ1n) is 6.74. The quantitative estimate of drug-likeness (QED) is 0.759. The third kappa shape index (κ3) is 3.20. The Kier molecular flexibility index (Phi) is 4.02. The molecule has 2 N–H and O–H groups in total. The summed E-state index contributed by atoms with van der Waals surface area (Å²) in [5.74, 6) is 0.761. The summed E-state index contributed by atoms with van der Waals surface area (Å²) < 4.78 is 0. The van der Waals surface area contributed by atoms with Gasteiger partial charge in [0.1, 0.15) is 0 Å². The predicted octanol–water partition coefficient (Wildman–Crippen LogP) is 1.21. The summed E-state index contributed by atoms with van der Waals surface area (Å²) in [5.41, 5.74) is 0. The molecular weight excluding hydrogens is 216 g/mol. The Morgan fingerprint density at radius 3 is 2.71 bits per heavy atom. The summed E-state index contributed by atoms with van der Waals surface area (Å²) in [6.45, 7) is 2.72. The van der Waals surface area contributed by atoms with Gasteiger partial charge in [-0.25, -0.2) is 0 Å². The van der Waals surface area contributed by atoms with Crippen molar-refractivity contribution in [1.29, 1.82) is 0 Å². The third-order valence-electron chi connectivity index (χ3n) is 4.08. The van der Waals surface area contributed by atoms with E-state index in [2.05, 4.69) is 17.6 Å². The average molecular weight is 238 g/mol. The fraction of sp³-hybridized carbons (Fsp3) is 0.846. The Bertz CT molecular complexity index is 294. The van der Waals surface area contributed by atoms with Gasteiger partial charge in [-0.3, -0.25) is 9.59 Å². The first kappa shape index (κ1) is 12.4. The molecule has 3 atom stereocenters. The molecule has 1 saturated heterocycles. The van der Waals surface area contributed by atoms with Crippen molar-refractivity contribution in [2.45, 2.75) is 51.5 Å². The van der Waals surface area contributed by atoms with Crippen molar-refractivity contribution in [2.75, 3.05) is 6.54 Å². The van der Waals surface area contributed by atoms with Crippen LogP contribution in [0.3, 0.4) is 0 Å². The van der Waals surface area contributed by atoms with Crippen LogP contribution < -0.4 is 10.6 Å². The van der Waals surface area contributed by atoms with Crippen LogP contribution in [0.15, 0.2) is 0 Å². The Labute approximate surface area is 103 Å². The second kappa shape index (κ2) is 5.52. The topological polar surface area (TPSA) is 58.2 Å². The highest BCUT2D eigenvalue weighted by Gasteiger charge is 2.28. The molecule has 2 aliphatic rings. The Morgan fingerprint density at radius 1 is 1.29 bits per heavy atom. The summed E-state index contributed by atoms with van der Waals surface area (Å²) in [6, 6.07) is 0.342. The molecule has 4 nitrogen and oxygen atoms in total. The van der Waals surface area contributed by atoms with Crippen molar-refractivity contribution in [1.82, 2.24) is 10.6 Å². The van der Waals surface area contributed by atoms with Crippen LogP contribution in [0.5, 0.6) is 0 Å². The van der Waals surface area contributed by atoms with Gasteiger partial charge in [-0.1, -0.05) is 19.8 Å². The minimum Gasteiger partial charge on any atom is -0.355 e. The van der Waals surface area contributed by atoms with Gasteiger partial charge in [-0.2, -0.15) is 0 Å². The van der Waals surface area contributed by atoms with Gasteiger partial charge in [0.25, 0.3) is 0 Å². The fourth-order valence-electron chi connectivity index (χ4n) is 2.79. The van der Waals surface area contributed by atoms with Crippen LogP contribution in [0.25, 0.3) is 0 Å². The number of rotatable bonds is 2. The zero-order chi connectivity index (χ0) is 12.3. The number of nitrogens with one attached hydrogen (secondary N) is 2. The lowest BCUT2D eigenvalue weighted by Gasteiger charge is -2.31. The van der Waals surface area contributed by atoms with Gasteiger partial charge >= 0.3 is 0 Å². The van der Waals surface area contributed by atoms with E-state index in [1.165, 1.54) is 19.3 Å². The minimum atomic E-state index is -0.0261. The lowest BCUT2D eigenvalue weighted by atomic mass is 9.85. The highest BCUT2D eigenvalue weighted by molar-refractivity contribution is 5.83. The number of amides is 2. The van der Waals surface area contributed by atoms with E-state index in [1.807, 2.05) is 0 Å². The van der Waals surface area contributed by atoms with Gasteiger partial charge in [-0.05, 0) is 25.2 Å². The highest BCUT2D eigenvalue weighted by Crippen LogP contribution is 2.24. The van der Waals surface area contributed by atoms with Crippen LogP contribution in [0, 0.1) is 11.8 Å². The SMILES string of the molecule is CC1CCCCC1NC(=O)C1CCC(=O)NC1. The highest BCUT2D eigenvalue weighted by atomic mass is 16.2. The van der Waals surface area contributed by atoms with Gasteiger partial charge in [-0.15, -0.1) is 0 Å². The van der Waals surface area contributed by atoms with E-state index < -0.39 is 0 Å². The number of carbonyl (C=O) groups is 2. The molecule has 0 aromatic carbocycles. The van der Waals surface area contributed by atoms with E-state index in [0.29, 0.717) is 31.3 Å². The zero-order valence-electron chi connectivity index (χ0n) is 10.5. The lowest BCUT2D eigenvalue weighted by molar-refractivity contribution is -0.129. The van der Waals surface area contributed by atoms with Crippen molar-refractivity contribution < 1.29 is 9.59 Å². The number of hydrogen-bond donors (Lipinski definition) is 2. The van der Waals surface area contributed by atoms with Crippen LogP contribution >= 0.6 is 0 Å². The van der Waals surface area contributed by atoms with Crippen LogP contribution in [0.1, 0.15) is 45.4 Å². The zero-order valence-corrected chi connectivity index (χ0v) is 10.5. The first-order chi connectivity index (χ1) is 8.16. The van der Waals surface area contributed by atoms with E-state index in [-0.39, 0.29) is 17.7 Å². The summed E-state index contributed by atoms with van der Waals surface area (Å²) in [6.07, 6.45) is 6.00. The largest absolute Gasteiger partial charge is 0.355 e. The third-order valence-corrected chi connectivity index (χ3v) is 4.08. The van der Waals surface area contributed by atoms with Crippen LogP contribution in [-0.2, 0) is 9.59 Å². The molecule has 1 aliphatic carbocycles. The maximum atomic E-state index is 12.1. The van der Waals surface area contributed by atoms with Crippen molar-refractivity contribution in [3.05, 3.63) is 0 Å². The van der Waals surface area contributed by atoms with Crippen molar-refractivity contribution >= 4 is 11.8 Å². The Morgan fingerprint density at radius 2 is 2.06 bits per heavy atom. The molecule has 0 aromatic rings. The molecule has 2 rings (SSSR count). The molecule has 1 aliphatic heterocycles. The average Bonchev–Trinajstić information content (AvgIpc) is 2.33. The number of carbonyl (C=O) groups excluding carboxylic acids is 2. The molecule has 2 amide bonds. The van der Waals surface area contributed by atoms with Gasteiger partial charge in [0.2, 0.25) is 11.8 Å². The van der Waals surface area contributed by atoms with Gasteiger partial charge in [0.15, 0.2) is 0 Å². The van der Waals surface area contributed by atoms with Crippen molar-refractivity contribution in [2.24, 2.45) is 11.8 Å².